The van der Waals surface area contributed by atoms with E-state index in [1.807, 2.05) is 37.4 Å². The van der Waals surface area contributed by atoms with Crippen molar-refractivity contribution in [2.75, 3.05) is 25.0 Å². The lowest BCUT2D eigenvalue weighted by atomic mass is 9.72. The number of aromatic hydroxyl groups is 1. The number of benzene rings is 2. The van der Waals surface area contributed by atoms with E-state index in [9.17, 15) is 9.90 Å². The van der Waals surface area contributed by atoms with Gasteiger partial charge in [-0.05, 0) is 37.0 Å². The van der Waals surface area contributed by atoms with E-state index in [0.29, 0.717) is 13.1 Å². The first-order valence-electron chi connectivity index (χ1n) is 9.91. The fourth-order valence-electron chi connectivity index (χ4n) is 4.11. The molecule has 4 nitrogen and oxygen atoms in total. The van der Waals surface area contributed by atoms with E-state index < -0.39 is 0 Å². The molecule has 144 valence electrons. The smallest absolute Gasteiger partial charge is 0.228 e. The van der Waals surface area contributed by atoms with Gasteiger partial charge in [0.05, 0.1) is 5.41 Å². The van der Waals surface area contributed by atoms with Crippen molar-refractivity contribution >= 4 is 11.6 Å². The molecule has 0 bridgehead atoms. The Morgan fingerprint density at radius 1 is 1.07 bits per heavy atom. The van der Waals surface area contributed by atoms with E-state index in [1.54, 1.807) is 12.1 Å². The Morgan fingerprint density at radius 2 is 1.81 bits per heavy atom. The quantitative estimate of drug-likeness (QED) is 0.774. The molecule has 0 aromatic heterocycles. The number of carbonyl (C=O) groups excluding carboxylic acids is 1. The van der Waals surface area contributed by atoms with Crippen LogP contribution in [0, 0.1) is 5.41 Å². The Labute approximate surface area is 162 Å². The number of nitrogens with zero attached hydrogens (tertiary/aromatic N) is 1. The molecule has 2 aromatic rings. The normalized spacial score (nSPS) is 15.9. The lowest BCUT2D eigenvalue weighted by Crippen LogP contribution is -2.49. The second kappa shape index (κ2) is 8.94. The highest BCUT2D eigenvalue weighted by molar-refractivity contribution is 5.83. The second-order valence-corrected chi connectivity index (χ2v) is 7.71. The molecular weight excluding hydrogens is 336 g/mol. The maximum atomic E-state index is 13.2. The number of hydrogen-bond acceptors (Lipinski definition) is 3. The zero-order valence-corrected chi connectivity index (χ0v) is 16.2. The predicted octanol–water partition coefficient (Wildman–Crippen LogP) is 4.14. The summed E-state index contributed by atoms with van der Waals surface area (Å²) in [6.45, 7) is 1.34. The number of phenolic OH excluding ortho intramolecular Hbond substituents is 1. The van der Waals surface area contributed by atoms with Crippen molar-refractivity contribution in [2.24, 2.45) is 5.41 Å². The average Bonchev–Trinajstić information content (AvgIpc) is 2.69. The third kappa shape index (κ3) is 5.03. The third-order valence-electron chi connectivity index (χ3n) is 5.64. The minimum atomic E-state index is -0.352. The summed E-state index contributed by atoms with van der Waals surface area (Å²) < 4.78 is 0. The van der Waals surface area contributed by atoms with E-state index in [0.717, 1.165) is 37.8 Å². The van der Waals surface area contributed by atoms with Crippen molar-refractivity contribution in [3.8, 4) is 5.75 Å². The Balaban J connectivity index is 1.65. The van der Waals surface area contributed by atoms with Crippen LogP contribution in [0.5, 0.6) is 5.75 Å². The third-order valence-corrected chi connectivity index (χ3v) is 5.64. The fraction of sp³-hybridized carbons (Fsp3) is 0.435. The van der Waals surface area contributed by atoms with E-state index in [4.69, 9.17) is 0 Å². The summed E-state index contributed by atoms with van der Waals surface area (Å²) in [5.74, 6) is 0.425. The minimum absolute atomic E-state index is 0.171. The molecule has 2 N–H and O–H groups in total. The van der Waals surface area contributed by atoms with Gasteiger partial charge in [0.15, 0.2) is 0 Å². The standard InChI is InChI=1S/C23H30N2O2/c1-25(20-11-8-12-21(26)17-20)18-23(14-6-3-7-15-23)22(27)24-16-13-19-9-4-2-5-10-19/h2,4-5,8-12,17,26H,3,6-7,13-16,18H2,1H3,(H,24,27). The SMILES string of the molecule is CN(CC1(C(=O)NCCc2ccccc2)CCCCC1)c1cccc(O)c1. The van der Waals surface area contributed by atoms with Crippen molar-refractivity contribution in [2.45, 2.75) is 38.5 Å². The van der Waals surface area contributed by atoms with E-state index in [-0.39, 0.29) is 17.1 Å². The topological polar surface area (TPSA) is 52.6 Å². The van der Waals surface area contributed by atoms with Gasteiger partial charge in [0.25, 0.3) is 0 Å². The Hall–Kier alpha value is -2.49. The van der Waals surface area contributed by atoms with Crippen LogP contribution in [0.4, 0.5) is 5.69 Å². The number of nitrogens with one attached hydrogen (secondary N) is 1. The second-order valence-electron chi connectivity index (χ2n) is 7.71. The maximum absolute atomic E-state index is 13.2. The largest absolute Gasteiger partial charge is 0.508 e. The van der Waals surface area contributed by atoms with Gasteiger partial charge in [-0.15, -0.1) is 0 Å². The number of hydrogen-bond donors (Lipinski definition) is 2. The molecule has 1 aliphatic rings. The lowest BCUT2D eigenvalue weighted by Gasteiger charge is -2.39. The zero-order chi connectivity index (χ0) is 19.1. The summed E-state index contributed by atoms with van der Waals surface area (Å²) in [4.78, 5) is 15.3. The molecular formula is C23H30N2O2. The predicted molar refractivity (Wildman–Crippen MR) is 110 cm³/mol. The molecule has 0 spiro atoms. The summed E-state index contributed by atoms with van der Waals surface area (Å²) in [6, 6.07) is 17.5. The fourth-order valence-corrected chi connectivity index (χ4v) is 4.11. The van der Waals surface area contributed by atoms with Crippen molar-refractivity contribution in [3.05, 3.63) is 60.2 Å². The number of rotatable bonds is 7. The van der Waals surface area contributed by atoms with Crippen LogP contribution in [-0.2, 0) is 11.2 Å². The summed E-state index contributed by atoms with van der Waals surface area (Å²) in [5.41, 5.74) is 1.83. The molecule has 0 saturated heterocycles. The summed E-state index contributed by atoms with van der Waals surface area (Å²) in [5, 5.41) is 13.0. The van der Waals surface area contributed by atoms with Gasteiger partial charge >= 0.3 is 0 Å². The molecule has 0 heterocycles. The number of amides is 1. The van der Waals surface area contributed by atoms with Crippen LogP contribution in [0.25, 0.3) is 0 Å². The van der Waals surface area contributed by atoms with Crippen molar-refractivity contribution in [1.82, 2.24) is 5.32 Å². The van der Waals surface area contributed by atoms with Crippen LogP contribution in [-0.4, -0.2) is 31.2 Å². The molecule has 0 unspecified atom stereocenters. The van der Waals surface area contributed by atoms with Crippen molar-refractivity contribution in [1.29, 1.82) is 0 Å². The van der Waals surface area contributed by atoms with Crippen LogP contribution in [0.1, 0.15) is 37.7 Å². The Kier molecular flexibility index (Phi) is 6.38. The molecule has 0 aliphatic heterocycles. The van der Waals surface area contributed by atoms with Crippen LogP contribution in [0.15, 0.2) is 54.6 Å². The molecule has 27 heavy (non-hydrogen) atoms. The minimum Gasteiger partial charge on any atom is -0.508 e. The van der Waals surface area contributed by atoms with E-state index >= 15 is 0 Å². The molecule has 1 amide bonds. The molecule has 2 aromatic carbocycles. The molecule has 1 aliphatic carbocycles. The average molecular weight is 367 g/mol. The monoisotopic (exact) mass is 366 g/mol. The first kappa shape index (κ1) is 19.3. The van der Waals surface area contributed by atoms with Crippen LogP contribution < -0.4 is 10.2 Å². The van der Waals surface area contributed by atoms with Gasteiger partial charge in [0.2, 0.25) is 5.91 Å². The van der Waals surface area contributed by atoms with Crippen LogP contribution in [0.2, 0.25) is 0 Å². The first-order chi connectivity index (χ1) is 13.1. The van der Waals surface area contributed by atoms with Gasteiger partial charge in [0.1, 0.15) is 5.75 Å². The zero-order valence-electron chi connectivity index (χ0n) is 16.2. The summed E-state index contributed by atoms with van der Waals surface area (Å²) >= 11 is 0. The molecule has 1 saturated carbocycles. The molecule has 0 radical (unpaired) electrons. The van der Waals surface area contributed by atoms with Crippen LogP contribution in [0.3, 0.4) is 0 Å². The van der Waals surface area contributed by atoms with Gasteiger partial charge < -0.3 is 15.3 Å². The van der Waals surface area contributed by atoms with E-state index in [1.165, 1.54) is 12.0 Å². The Bertz CT molecular complexity index is 739. The Morgan fingerprint density at radius 3 is 2.52 bits per heavy atom. The molecule has 4 heteroatoms. The van der Waals surface area contributed by atoms with Crippen molar-refractivity contribution < 1.29 is 9.90 Å². The van der Waals surface area contributed by atoms with Gasteiger partial charge in [-0.25, -0.2) is 0 Å². The van der Waals surface area contributed by atoms with E-state index in [2.05, 4.69) is 22.3 Å². The summed E-state index contributed by atoms with van der Waals surface area (Å²) in [7, 11) is 2.00. The highest BCUT2D eigenvalue weighted by atomic mass is 16.3. The highest BCUT2D eigenvalue weighted by Crippen LogP contribution is 2.38. The first-order valence-corrected chi connectivity index (χ1v) is 9.91. The number of phenols is 1. The highest BCUT2D eigenvalue weighted by Gasteiger charge is 2.40. The number of anilines is 1. The molecule has 3 rings (SSSR count). The summed E-state index contributed by atoms with van der Waals surface area (Å²) in [6.07, 6.45) is 6.10. The van der Waals surface area contributed by atoms with Crippen molar-refractivity contribution in [3.63, 3.8) is 0 Å². The van der Waals surface area contributed by atoms with Crippen LogP contribution >= 0.6 is 0 Å². The van der Waals surface area contributed by atoms with Gasteiger partial charge in [-0.1, -0.05) is 55.7 Å². The molecule has 0 atom stereocenters. The lowest BCUT2D eigenvalue weighted by molar-refractivity contribution is -0.132. The van der Waals surface area contributed by atoms with Gasteiger partial charge in [-0.3, -0.25) is 4.79 Å². The number of carbonyl (C=O) groups is 1. The maximum Gasteiger partial charge on any atom is 0.228 e. The molecule has 1 fully saturated rings. The van der Waals surface area contributed by atoms with Gasteiger partial charge in [-0.2, -0.15) is 0 Å². The van der Waals surface area contributed by atoms with Gasteiger partial charge in [0, 0.05) is 31.9 Å².